The largest absolute Gasteiger partial charge is 0.466 e. The normalized spacial score (nSPS) is 13.0. The number of rotatable bonds is 46. The lowest BCUT2D eigenvalue weighted by Crippen LogP contribution is -2.45. The van der Waals surface area contributed by atoms with E-state index < -0.39 is 12.1 Å². The molecule has 2 atom stereocenters. The van der Waals surface area contributed by atoms with Gasteiger partial charge in [0.1, 0.15) is 0 Å². The van der Waals surface area contributed by atoms with E-state index in [1.165, 1.54) is 167 Å². The number of unbranched alkanes of at least 4 members (excludes halogenated alkanes) is 31. The standard InChI is InChI=1S/C52H97NO5/c1-3-5-7-9-11-13-15-16-17-18-22-26-30-34-38-42-46-52(57)58-47-43-39-35-31-27-23-20-19-21-25-29-33-37-41-45-51(56)53-49(48-54)50(55)44-40-36-32-28-24-14-12-10-8-6-4-2/h13,15,17-18,40,44,49-50,54-55H,3-12,14,16,19-39,41-43,45-48H2,1-2H3,(H,53,56)/b15-13-,18-17-,44-40+. The summed E-state index contributed by atoms with van der Waals surface area (Å²) in [6.07, 6.45) is 57.1. The molecule has 1 amide bonds. The van der Waals surface area contributed by atoms with Gasteiger partial charge in [-0.15, -0.1) is 0 Å². The van der Waals surface area contributed by atoms with Crippen LogP contribution >= 0.6 is 0 Å². The minimum Gasteiger partial charge on any atom is -0.466 e. The van der Waals surface area contributed by atoms with E-state index in [0.717, 1.165) is 64.2 Å². The third-order valence-electron chi connectivity index (χ3n) is 11.4. The Morgan fingerprint density at radius 1 is 0.483 bits per heavy atom. The molecule has 0 aromatic heterocycles. The molecule has 3 N–H and O–H groups in total. The number of ether oxygens (including phenoxy) is 1. The van der Waals surface area contributed by atoms with Gasteiger partial charge in [-0.1, -0.05) is 217 Å². The Balaban J connectivity index is 3.47. The summed E-state index contributed by atoms with van der Waals surface area (Å²) >= 11 is 0. The molecule has 58 heavy (non-hydrogen) atoms. The van der Waals surface area contributed by atoms with Crippen LogP contribution in [0.5, 0.6) is 0 Å². The smallest absolute Gasteiger partial charge is 0.305 e. The first-order valence-electron chi connectivity index (χ1n) is 25.3. The summed E-state index contributed by atoms with van der Waals surface area (Å²) in [5, 5.41) is 23.0. The van der Waals surface area contributed by atoms with E-state index in [1.54, 1.807) is 6.08 Å². The van der Waals surface area contributed by atoms with Crippen molar-refractivity contribution >= 4 is 11.9 Å². The highest BCUT2D eigenvalue weighted by Gasteiger charge is 2.18. The van der Waals surface area contributed by atoms with Crippen LogP contribution in [0, 0.1) is 0 Å². The highest BCUT2D eigenvalue weighted by atomic mass is 16.5. The van der Waals surface area contributed by atoms with Gasteiger partial charge in [0.25, 0.3) is 0 Å². The Labute approximate surface area is 360 Å². The predicted octanol–water partition coefficient (Wildman–Crippen LogP) is 14.9. The lowest BCUT2D eigenvalue weighted by atomic mass is 10.0. The topological polar surface area (TPSA) is 95.9 Å². The van der Waals surface area contributed by atoms with E-state index in [-0.39, 0.29) is 18.5 Å². The molecule has 0 rings (SSSR count). The van der Waals surface area contributed by atoms with Crippen LogP contribution in [0.25, 0.3) is 0 Å². The molecule has 0 bridgehead atoms. The van der Waals surface area contributed by atoms with Gasteiger partial charge in [0, 0.05) is 12.8 Å². The van der Waals surface area contributed by atoms with Gasteiger partial charge >= 0.3 is 5.97 Å². The van der Waals surface area contributed by atoms with Gasteiger partial charge in [0.2, 0.25) is 5.91 Å². The summed E-state index contributed by atoms with van der Waals surface area (Å²) in [5.74, 6) is -0.0991. The zero-order valence-electron chi connectivity index (χ0n) is 38.5. The number of carbonyl (C=O) groups excluding carboxylic acids is 2. The lowest BCUT2D eigenvalue weighted by molar-refractivity contribution is -0.143. The molecular formula is C52H97NO5. The van der Waals surface area contributed by atoms with Crippen molar-refractivity contribution in [2.24, 2.45) is 0 Å². The summed E-state index contributed by atoms with van der Waals surface area (Å²) < 4.78 is 5.46. The number of hydrogen-bond donors (Lipinski definition) is 3. The van der Waals surface area contributed by atoms with Crippen LogP contribution in [0.2, 0.25) is 0 Å². The summed E-state index contributed by atoms with van der Waals surface area (Å²) in [6.45, 7) is 4.83. The summed E-state index contributed by atoms with van der Waals surface area (Å²) in [6, 6.07) is -0.635. The third kappa shape index (κ3) is 43.7. The Kier molecular flexibility index (Phi) is 46.2. The maximum Gasteiger partial charge on any atom is 0.305 e. The number of nitrogens with one attached hydrogen (secondary N) is 1. The monoisotopic (exact) mass is 816 g/mol. The molecule has 0 aliphatic rings. The Morgan fingerprint density at radius 3 is 1.33 bits per heavy atom. The first-order chi connectivity index (χ1) is 28.5. The van der Waals surface area contributed by atoms with Crippen molar-refractivity contribution in [3.8, 4) is 0 Å². The number of aliphatic hydroxyl groups excluding tert-OH is 2. The maximum absolute atomic E-state index is 12.4. The second-order valence-corrected chi connectivity index (χ2v) is 17.1. The van der Waals surface area contributed by atoms with E-state index in [0.29, 0.717) is 19.4 Å². The van der Waals surface area contributed by atoms with Crippen LogP contribution in [0.1, 0.15) is 258 Å². The van der Waals surface area contributed by atoms with Crippen LogP contribution in [0.15, 0.2) is 36.5 Å². The average Bonchev–Trinajstić information content (AvgIpc) is 3.22. The molecule has 340 valence electrons. The number of hydrogen-bond acceptors (Lipinski definition) is 5. The van der Waals surface area contributed by atoms with Crippen molar-refractivity contribution in [2.75, 3.05) is 13.2 Å². The minimum absolute atomic E-state index is 0.0177. The number of amides is 1. The highest BCUT2D eigenvalue weighted by molar-refractivity contribution is 5.76. The molecule has 0 heterocycles. The van der Waals surface area contributed by atoms with Crippen molar-refractivity contribution in [3.63, 3.8) is 0 Å². The molecule has 0 saturated heterocycles. The number of allylic oxidation sites excluding steroid dienone is 5. The Morgan fingerprint density at radius 2 is 0.862 bits per heavy atom. The Bertz CT molecular complexity index is 946. The average molecular weight is 816 g/mol. The molecule has 6 heteroatoms. The quantitative estimate of drug-likeness (QED) is 0.0323. The van der Waals surface area contributed by atoms with Gasteiger partial charge in [0.15, 0.2) is 0 Å². The predicted molar refractivity (Wildman–Crippen MR) is 250 cm³/mol. The molecule has 0 saturated carbocycles. The molecule has 2 unspecified atom stereocenters. The maximum atomic E-state index is 12.4. The first kappa shape index (κ1) is 56.1. The van der Waals surface area contributed by atoms with Crippen LogP contribution < -0.4 is 5.32 Å². The molecule has 0 aromatic rings. The number of esters is 1. The molecule has 0 fully saturated rings. The fourth-order valence-corrected chi connectivity index (χ4v) is 7.49. The van der Waals surface area contributed by atoms with Crippen molar-refractivity contribution in [2.45, 2.75) is 270 Å². The molecule has 0 aromatic carbocycles. The summed E-state index contributed by atoms with van der Waals surface area (Å²) in [7, 11) is 0. The van der Waals surface area contributed by atoms with Gasteiger partial charge < -0.3 is 20.3 Å². The second kappa shape index (κ2) is 47.8. The number of aliphatic hydroxyl groups is 2. The van der Waals surface area contributed by atoms with E-state index in [1.807, 2.05) is 6.08 Å². The van der Waals surface area contributed by atoms with E-state index in [4.69, 9.17) is 4.74 Å². The lowest BCUT2D eigenvalue weighted by Gasteiger charge is -2.20. The van der Waals surface area contributed by atoms with Gasteiger partial charge in [-0.3, -0.25) is 9.59 Å². The van der Waals surface area contributed by atoms with Gasteiger partial charge in [-0.05, 0) is 64.2 Å². The van der Waals surface area contributed by atoms with Crippen LogP contribution in [-0.4, -0.2) is 47.4 Å². The molecule has 0 aliphatic heterocycles. The number of carbonyl (C=O) groups is 2. The zero-order chi connectivity index (χ0) is 42.3. The van der Waals surface area contributed by atoms with Crippen molar-refractivity contribution in [1.29, 1.82) is 0 Å². The fourth-order valence-electron chi connectivity index (χ4n) is 7.49. The molecule has 6 nitrogen and oxygen atoms in total. The van der Waals surface area contributed by atoms with E-state index in [9.17, 15) is 19.8 Å². The van der Waals surface area contributed by atoms with Gasteiger partial charge in [-0.2, -0.15) is 0 Å². The molecule has 0 radical (unpaired) electrons. The Hall–Kier alpha value is -1.92. The SMILES string of the molecule is CCCCCC/C=C\C/C=C\CCCCCCCC(=O)OCCCCCCCCCCCCCCCCC(=O)NC(CO)C(O)/C=C/CCCCCCCCCCC. The van der Waals surface area contributed by atoms with E-state index >= 15 is 0 Å². The molecular weight excluding hydrogens is 719 g/mol. The highest BCUT2D eigenvalue weighted by Crippen LogP contribution is 2.15. The molecule has 0 spiro atoms. The van der Waals surface area contributed by atoms with Crippen molar-refractivity contribution < 1.29 is 24.5 Å². The fraction of sp³-hybridized carbons (Fsp3) is 0.846. The summed E-state index contributed by atoms with van der Waals surface area (Å²) in [4.78, 5) is 24.4. The van der Waals surface area contributed by atoms with Crippen LogP contribution in [0.3, 0.4) is 0 Å². The molecule has 0 aliphatic carbocycles. The summed E-state index contributed by atoms with van der Waals surface area (Å²) in [5.41, 5.74) is 0. The zero-order valence-corrected chi connectivity index (χ0v) is 38.5. The van der Waals surface area contributed by atoms with Crippen molar-refractivity contribution in [1.82, 2.24) is 5.32 Å². The first-order valence-corrected chi connectivity index (χ1v) is 25.3. The second-order valence-electron chi connectivity index (χ2n) is 17.1. The van der Waals surface area contributed by atoms with Crippen molar-refractivity contribution in [3.05, 3.63) is 36.5 Å². The van der Waals surface area contributed by atoms with Gasteiger partial charge in [-0.25, -0.2) is 0 Å². The van der Waals surface area contributed by atoms with Crippen LogP contribution in [0.4, 0.5) is 0 Å². The minimum atomic E-state index is -0.850. The van der Waals surface area contributed by atoms with E-state index in [2.05, 4.69) is 43.5 Å². The van der Waals surface area contributed by atoms with Gasteiger partial charge in [0.05, 0.1) is 25.4 Å². The van der Waals surface area contributed by atoms with Crippen LogP contribution in [-0.2, 0) is 14.3 Å². The third-order valence-corrected chi connectivity index (χ3v) is 11.4.